The van der Waals surface area contributed by atoms with Crippen LogP contribution in [0.1, 0.15) is 50.7 Å². The Hall–Kier alpha value is -0.910. The van der Waals surface area contributed by atoms with Crippen molar-refractivity contribution in [3.05, 3.63) is 29.3 Å². The molecule has 2 atom stereocenters. The maximum Gasteiger partial charge on any atom is 0.240 e. The summed E-state index contributed by atoms with van der Waals surface area (Å²) >= 11 is 0. The molecule has 118 valence electrons. The molecule has 0 bridgehead atoms. The molecule has 2 unspecified atom stereocenters. The first-order chi connectivity index (χ1) is 9.97. The summed E-state index contributed by atoms with van der Waals surface area (Å²) in [6.45, 7) is 4.54. The van der Waals surface area contributed by atoms with Crippen LogP contribution in [0.4, 0.5) is 0 Å². The second kappa shape index (κ2) is 6.90. The molecule has 0 aliphatic heterocycles. The number of aryl methyl sites for hydroxylation is 1. The number of hydrogen-bond acceptors (Lipinski definition) is 3. The zero-order chi connectivity index (χ0) is 15.5. The molecule has 1 aliphatic carbocycles. The van der Waals surface area contributed by atoms with Crippen LogP contribution in [0.3, 0.4) is 0 Å². The monoisotopic (exact) mass is 310 g/mol. The van der Waals surface area contributed by atoms with Gasteiger partial charge in [-0.25, -0.2) is 13.1 Å². The lowest BCUT2D eigenvalue weighted by Crippen LogP contribution is -2.41. The number of nitrogens with two attached hydrogens (primary N) is 1. The van der Waals surface area contributed by atoms with E-state index in [9.17, 15) is 8.42 Å². The summed E-state index contributed by atoms with van der Waals surface area (Å²) in [5.41, 5.74) is 7.76. The highest BCUT2D eigenvalue weighted by Crippen LogP contribution is 2.25. The van der Waals surface area contributed by atoms with E-state index in [0.717, 1.165) is 36.8 Å². The van der Waals surface area contributed by atoms with Crippen LogP contribution in [0, 0.1) is 5.92 Å². The van der Waals surface area contributed by atoms with Gasteiger partial charge in [0.05, 0.1) is 4.90 Å². The molecule has 4 nitrogen and oxygen atoms in total. The fourth-order valence-corrected chi connectivity index (χ4v) is 4.49. The minimum Gasteiger partial charge on any atom is -0.326 e. The molecule has 1 aliphatic rings. The Balaban J connectivity index is 2.22. The first kappa shape index (κ1) is 16.5. The molecule has 1 aromatic carbocycles. The molecule has 0 saturated heterocycles. The largest absolute Gasteiger partial charge is 0.326 e. The molecule has 1 saturated carbocycles. The molecule has 0 radical (unpaired) electrons. The minimum absolute atomic E-state index is 0.0518. The van der Waals surface area contributed by atoms with Crippen molar-refractivity contribution in [1.82, 2.24) is 4.72 Å². The van der Waals surface area contributed by atoms with E-state index in [-0.39, 0.29) is 6.04 Å². The Labute approximate surface area is 128 Å². The van der Waals surface area contributed by atoms with Crippen LogP contribution >= 0.6 is 0 Å². The van der Waals surface area contributed by atoms with E-state index in [0.29, 0.717) is 17.4 Å². The highest BCUT2D eigenvalue weighted by atomic mass is 32.2. The number of sulfonamides is 1. The van der Waals surface area contributed by atoms with Crippen molar-refractivity contribution in [2.75, 3.05) is 0 Å². The van der Waals surface area contributed by atoms with E-state index in [1.807, 2.05) is 13.0 Å². The average molecular weight is 310 g/mol. The van der Waals surface area contributed by atoms with Crippen LogP contribution in [-0.4, -0.2) is 14.5 Å². The van der Waals surface area contributed by atoms with Gasteiger partial charge < -0.3 is 5.73 Å². The van der Waals surface area contributed by atoms with Crippen molar-refractivity contribution in [3.63, 3.8) is 0 Å². The molecule has 0 amide bonds. The van der Waals surface area contributed by atoms with Gasteiger partial charge in [-0.3, -0.25) is 0 Å². The molecule has 0 aromatic heterocycles. The summed E-state index contributed by atoms with van der Waals surface area (Å²) in [4.78, 5) is 0.331. The van der Waals surface area contributed by atoms with E-state index in [4.69, 9.17) is 5.73 Å². The molecule has 21 heavy (non-hydrogen) atoms. The number of hydrogen-bond donors (Lipinski definition) is 2. The smallest absolute Gasteiger partial charge is 0.240 e. The van der Waals surface area contributed by atoms with Gasteiger partial charge in [-0.05, 0) is 48.4 Å². The third-order valence-electron chi connectivity index (χ3n) is 4.51. The van der Waals surface area contributed by atoms with E-state index >= 15 is 0 Å². The Morgan fingerprint density at radius 1 is 1.24 bits per heavy atom. The summed E-state index contributed by atoms with van der Waals surface area (Å²) in [7, 11) is -3.46. The van der Waals surface area contributed by atoms with Gasteiger partial charge in [0.1, 0.15) is 0 Å². The van der Waals surface area contributed by atoms with E-state index < -0.39 is 10.0 Å². The van der Waals surface area contributed by atoms with Crippen LogP contribution < -0.4 is 10.5 Å². The fourth-order valence-electron chi connectivity index (χ4n) is 3.06. The number of rotatable bonds is 5. The average Bonchev–Trinajstić information content (AvgIpc) is 2.48. The first-order valence-corrected chi connectivity index (χ1v) is 9.30. The van der Waals surface area contributed by atoms with Crippen molar-refractivity contribution in [2.24, 2.45) is 11.7 Å². The zero-order valence-corrected chi connectivity index (χ0v) is 13.7. The van der Waals surface area contributed by atoms with E-state index in [1.54, 1.807) is 12.1 Å². The third kappa shape index (κ3) is 3.84. The number of benzene rings is 1. The molecule has 1 aromatic rings. The van der Waals surface area contributed by atoms with E-state index in [1.165, 1.54) is 6.42 Å². The van der Waals surface area contributed by atoms with E-state index in [2.05, 4.69) is 11.6 Å². The number of nitrogens with one attached hydrogen (secondary N) is 1. The van der Waals surface area contributed by atoms with Crippen molar-refractivity contribution in [1.29, 1.82) is 0 Å². The molecule has 3 N–H and O–H groups in total. The highest BCUT2D eigenvalue weighted by molar-refractivity contribution is 7.89. The third-order valence-corrected chi connectivity index (χ3v) is 5.99. The molecule has 2 rings (SSSR count). The summed E-state index contributed by atoms with van der Waals surface area (Å²) < 4.78 is 28.0. The summed E-state index contributed by atoms with van der Waals surface area (Å²) in [5, 5.41) is 0. The van der Waals surface area contributed by atoms with Crippen LogP contribution in [0.25, 0.3) is 0 Å². The molecule has 5 heteroatoms. The van der Waals surface area contributed by atoms with Crippen LogP contribution in [0.2, 0.25) is 0 Å². The first-order valence-electron chi connectivity index (χ1n) is 7.82. The van der Waals surface area contributed by atoms with Crippen molar-refractivity contribution < 1.29 is 8.42 Å². The maximum absolute atomic E-state index is 12.6. The lowest BCUT2D eigenvalue weighted by atomic mass is 9.87. The lowest BCUT2D eigenvalue weighted by Gasteiger charge is -2.29. The van der Waals surface area contributed by atoms with Gasteiger partial charge in [-0.2, -0.15) is 0 Å². The Morgan fingerprint density at radius 2 is 1.95 bits per heavy atom. The lowest BCUT2D eigenvalue weighted by molar-refractivity contribution is 0.310. The topological polar surface area (TPSA) is 72.2 Å². The Bertz CT molecular complexity index is 584. The Morgan fingerprint density at radius 3 is 2.57 bits per heavy atom. The highest BCUT2D eigenvalue weighted by Gasteiger charge is 2.26. The van der Waals surface area contributed by atoms with Crippen molar-refractivity contribution in [2.45, 2.75) is 63.4 Å². The molecular formula is C16H26N2O2S. The normalized spacial score (nSPS) is 23.2. The van der Waals surface area contributed by atoms with Gasteiger partial charge in [-0.15, -0.1) is 0 Å². The minimum atomic E-state index is -3.46. The standard InChI is InChI=1S/C16H26N2O2S/c1-3-13-8-9-15(10-14(13)11-17)21(19,20)18-16-7-5-4-6-12(16)2/h8-10,12,16,18H,3-7,11,17H2,1-2H3. The molecule has 0 spiro atoms. The van der Waals surface area contributed by atoms with Gasteiger partial charge in [0.15, 0.2) is 0 Å². The SMILES string of the molecule is CCc1ccc(S(=O)(=O)NC2CCCCC2C)cc1CN. The predicted molar refractivity (Wildman–Crippen MR) is 85.5 cm³/mol. The van der Waals surface area contributed by atoms with Gasteiger partial charge in [0, 0.05) is 12.6 Å². The van der Waals surface area contributed by atoms with Crippen molar-refractivity contribution in [3.8, 4) is 0 Å². The zero-order valence-electron chi connectivity index (χ0n) is 12.9. The van der Waals surface area contributed by atoms with Crippen LogP contribution in [0.15, 0.2) is 23.1 Å². The van der Waals surface area contributed by atoms with Gasteiger partial charge in [-0.1, -0.05) is 32.8 Å². The molecule has 0 heterocycles. The predicted octanol–water partition coefficient (Wildman–Crippen LogP) is 2.56. The van der Waals surface area contributed by atoms with Crippen molar-refractivity contribution >= 4 is 10.0 Å². The Kier molecular flexibility index (Phi) is 5.41. The quantitative estimate of drug-likeness (QED) is 0.878. The van der Waals surface area contributed by atoms with Crippen LogP contribution in [-0.2, 0) is 23.0 Å². The fraction of sp³-hybridized carbons (Fsp3) is 0.625. The summed E-state index contributed by atoms with van der Waals surface area (Å²) in [6, 6.07) is 5.33. The molecule has 1 fully saturated rings. The second-order valence-corrected chi connectivity index (χ2v) is 7.69. The summed E-state index contributed by atoms with van der Waals surface area (Å²) in [5.74, 6) is 0.400. The van der Waals surface area contributed by atoms with Gasteiger partial charge in [0.25, 0.3) is 0 Å². The maximum atomic E-state index is 12.6. The summed E-state index contributed by atoms with van der Waals surface area (Å²) in [6.07, 6.45) is 5.18. The second-order valence-electron chi connectivity index (χ2n) is 5.98. The van der Waals surface area contributed by atoms with Gasteiger partial charge >= 0.3 is 0 Å². The van der Waals surface area contributed by atoms with Crippen LogP contribution in [0.5, 0.6) is 0 Å². The molecular weight excluding hydrogens is 284 g/mol. The van der Waals surface area contributed by atoms with Gasteiger partial charge in [0.2, 0.25) is 10.0 Å².